The number of carboxylic acids is 1. The van der Waals surface area contributed by atoms with Crippen LogP contribution >= 0.6 is 15.9 Å². The van der Waals surface area contributed by atoms with Gasteiger partial charge in [0.15, 0.2) is 9.84 Å². The molecule has 0 aliphatic carbocycles. The Kier molecular flexibility index (Phi) is 5.05. The lowest BCUT2D eigenvalue weighted by atomic mass is 10.1. The molecule has 128 valence electrons. The van der Waals surface area contributed by atoms with Crippen LogP contribution < -0.4 is 0 Å². The molecule has 0 aliphatic heterocycles. The molecular weight excluding hydrogens is 413 g/mol. The second kappa shape index (κ2) is 6.56. The van der Waals surface area contributed by atoms with E-state index in [-0.39, 0.29) is 0 Å². The standard InChI is InChI=1S/C15H10BrF3O4S/c16-11-4-1-9(2-5-11)8-24(22,23)13-6-3-10(15(17,18)19)7-12(13)14(20)21/h1-7H,8H2,(H,20,21). The molecule has 0 atom stereocenters. The molecule has 0 unspecified atom stereocenters. The van der Waals surface area contributed by atoms with Crippen LogP contribution in [-0.2, 0) is 21.8 Å². The molecule has 2 rings (SSSR count). The number of aromatic carboxylic acids is 1. The quantitative estimate of drug-likeness (QED) is 0.803. The zero-order chi connectivity index (χ0) is 18.1. The van der Waals surface area contributed by atoms with E-state index in [9.17, 15) is 26.4 Å². The highest BCUT2D eigenvalue weighted by Gasteiger charge is 2.33. The molecule has 0 bridgehead atoms. The fourth-order valence-corrected chi connectivity index (χ4v) is 3.83. The zero-order valence-electron chi connectivity index (χ0n) is 11.8. The largest absolute Gasteiger partial charge is 0.478 e. The molecule has 2 aromatic carbocycles. The van der Waals surface area contributed by atoms with Crippen molar-refractivity contribution < 1.29 is 31.5 Å². The van der Waals surface area contributed by atoms with Gasteiger partial charge in [-0.05, 0) is 35.9 Å². The van der Waals surface area contributed by atoms with Gasteiger partial charge in [-0.3, -0.25) is 0 Å². The molecule has 0 amide bonds. The summed E-state index contributed by atoms with van der Waals surface area (Å²) < 4.78 is 63.7. The lowest BCUT2D eigenvalue weighted by Crippen LogP contribution is -2.14. The van der Waals surface area contributed by atoms with E-state index in [4.69, 9.17) is 5.11 Å². The van der Waals surface area contributed by atoms with Gasteiger partial charge >= 0.3 is 12.1 Å². The van der Waals surface area contributed by atoms with Crippen molar-refractivity contribution in [2.24, 2.45) is 0 Å². The molecule has 1 N–H and O–H groups in total. The minimum Gasteiger partial charge on any atom is -0.478 e. The highest BCUT2D eigenvalue weighted by molar-refractivity contribution is 9.10. The number of benzene rings is 2. The minimum atomic E-state index is -4.77. The van der Waals surface area contributed by atoms with E-state index in [0.29, 0.717) is 23.8 Å². The van der Waals surface area contributed by atoms with Crippen molar-refractivity contribution in [2.45, 2.75) is 16.8 Å². The van der Waals surface area contributed by atoms with Crippen LogP contribution in [0.1, 0.15) is 21.5 Å². The number of carboxylic acid groups (broad SMARTS) is 1. The van der Waals surface area contributed by atoms with E-state index in [1.807, 2.05) is 0 Å². The number of alkyl halides is 3. The minimum absolute atomic E-state index is 0.330. The van der Waals surface area contributed by atoms with Crippen LogP contribution in [0.3, 0.4) is 0 Å². The van der Waals surface area contributed by atoms with Crippen molar-refractivity contribution >= 4 is 31.7 Å². The predicted molar refractivity (Wildman–Crippen MR) is 83.4 cm³/mol. The van der Waals surface area contributed by atoms with E-state index in [2.05, 4.69) is 15.9 Å². The van der Waals surface area contributed by atoms with Crippen molar-refractivity contribution in [3.8, 4) is 0 Å². The lowest BCUT2D eigenvalue weighted by molar-refractivity contribution is -0.137. The summed E-state index contributed by atoms with van der Waals surface area (Å²) >= 11 is 3.19. The number of halogens is 4. The number of hydrogen-bond acceptors (Lipinski definition) is 3. The summed E-state index contributed by atoms with van der Waals surface area (Å²) in [5.41, 5.74) is -1.74. The average Bonchev–Trinajstić information content (AvgIpc) is 2.48. The number of rotatable bonds is 4. The van der Waals surface area contributed by atoms with E-state index >= 15 is 0 Å². The maximum absolute atomic E-state index is 12.7. The molecule has 0 spiro atoms. The lowest BCUT2D eigenvalue weighted by Gasteiger charge is -2.12. The first-order valence-electron chi connectivity index (χ1n) is 6.42. The molecule has 24 heavy (non-hydrogen) atoms. The van der Waals surface area contributed by atoms with Crippen LogP contribution in [-0.4, -0.2) is 19.5 Å². The molecule has 0 saturated carbocycles. The van der Waals surface area contributed by atoms with E-state index in [1.165, 1.54) is 12.1 Å². The van der Waals surface area contributed by atoms with Crippen molar-refractivity contribution in [1.82, 2.24) is 0 Å². The first-order valence-corrected chi connectivity index (χ1v) is 8.87. The molecule has 0 fully saturated rings. The molecule has 9 heteroatoms. The number of sulfone groups is 1. The van der Waals surface area contributed by atoms with Crippen molar-refractivity contribution in [3.63, 3.8) is 0 Å². The Morgan fingerprint density at radius 2 is 1.67 bits per heavy atom. The molecule has 4 nitrogen and oxygen atoms in total. The summed E-state index contributed by atoms with van der Waals surface area (Å²) in [6, 6.07) is 7.82. The monoisotopic (exact) mass is 422 g/mol. The molecule has 0 saturated heterocycles. The van der Waals surface area contributed by atoms with Crippen molar-refractivity contribution in [3.05, 3.63) is 63.6 Å². The van der Waals surface area contributed by atoms with E-state index < -0.39 is 43.8 Å². The third-order valence-electron chi connectivity index (χ3n) is 3.14. The van der Waals surface area contributed by atoms with E-state index in [0.717, 1.165) is 4.47 Å². The van der Waals surface area contributed by atoms with Gasteiger partial charge in [0.2, 0.25) is 0 Å². The molecular formula is C15H10BrF3O4S. The fourth-order valence-electron chi connectivity index (χ4n) is 2.02. The Morgan fingerprint density at radius 3 is 2.17 bits per heavy atom. The first-order chi connectivity index (χ1) is 11.0. The van der Waals surface area contributed by atoms with Gasteiger partial charge in [0.1, 0.15) is 0 Å². The molecule has 0 radical (unpaired) electrons. The van der Waals surface area contributed by atoms with Gasteiger partial charge in [-0.2, -0.15) is 13.2 Å². The molecule has 0 aliphatic rings. The number of hydrogen-bond donors (Lipinski definition) is 1. The normalized spacial score (nSPS) is 12.2. The summed E-state index contributed by atoms with van der Waals surface area (Å²) in [7, 11) is -4.13. The Morgan fingerprint density at radius 1 is 1.08 bits per heavy atom. The van der Waals surface area contributed by atoms with Crippen LogP contribution in [0, 0.1) is 0 Å². The van der Waals surface area contributed by atoms with Gasteiger partial charge < -0.3 is 5.11 Å². The number of carbonyl (C=O) groups is 1. The van der Waals surface area contributed by atoms with Gasteiger partial charge in [-0.25, -0.2) is 13.2 Å². The predicted octanol–water partition coefficient (Wildman–Crippen LogP) is 4.14. The first kappa shape index (κ1) is 18.5. The SMILES string of the molecule is O=C(O)c1cc(C(F)(F)F)ccc1S(=O)(=O)Cc1ccc(Br)cc1. The van der Waals surface area contributed by atoms with Crippen LogP contribution in [0.4, 0.5) is 13.2 Å². The smallest absolute Gasteiger partial charge is 0.416 e. The maximum atomic E-state index is 12.7. The third kappa shape index (κ3) is 4.15. The highest BCUT2D eigenvalue weighted by atomic mass is 79.9. The van der Waals surface area contributed by atoms with Crippen LogP contribution in [0.15, 0.2) is 51.8 Å². The van der Waals surface area contributed by atoms with Crippen LogP contribution in [0.2, 0.25) is 0 Å². The Balaban J connectivity index is 2.49. The highest BCUT2D eigenvalue weighted by Crippen LogP contribution is 2.32. The molecule has 2 aromatic rings. The summed E-state index contributed by atoms with van der Waals surface area (Å²) in [5, 5.41) is 9.08. The topological polar surface area (TPSA) is 71.4 Å². The zero-order valence-corrected chi connectivity index (χ0v) is 14.2. The third-order valence-corrected chi connectivity index (χ3v) is 5.41. The van der Waals surface area contributed by atoms with Gasteiger partial charge in [-0.1, -0.05) is 28.1 Å². The van der Waals surface area contributed by atoms with Gasteiger partial charge in [0, 0.05) is 4.47 Å². The van der Waals surface area contributed by atoms with Crippen molar-refractivity contribution in [1.29, 1.82) is 0 Å². The average molecular weight is 423 g/mol. The van der Waals surface area contributed by atoms with Crippen molar-refractivity contribution in [2.75, 3.05) is 0 Å². The van der Waals surface area contributed by atoms with Crippen LogP contribution in [0.5, 0.6) is 0 Å². The molecule has 0 aromatic heterocycles. The molecule has 0 heterocycles. The van der Waals surface area contributed by atoms with Crippen LogP contribution in [0.25, 0.3) is 0 Å². The Hall–Kier alpha value is -1.87. The fraction of sp³-hybridized carbons (Fsp3) is 0.133. The second-order valence-corrected chi connectivity index (χ2v) is 7.77. The summed E-state index contributed by atoms with van der Waals surface area (Å²) in [5.74, 6) is -2.26. The maximum Gasteiger partial charge on any atom is 0.416 e. The second-order valence-electron chi connectivity index (χ2n) is 4.90. The Labute approximate surface area is 144 Å². The Bertz CT molecular complexity index is 875. The van der Waals surface area contributed by atoms with Gasteiger partial charge in [-0.15, -0.1) is 0 Å². The summed E-state index contributed by atoms with van der Waals surface area (Å²) in [4.78, 5) is 10.6. The summed E-state index contributed by atoms with van der Waals surface area (Å²) in [6.07, 6.45) is -4.77. The van der Waals surface area contributed by atoms with Gasteiger partial charge in [0.25, 0.3) is 0 Å². The van der Waals surface area contributed by atoms with E-state index in [1.54, 1.807) is 12.1 Å². The van der Waals surface area contributed by atoms with Gasteiger partial charge in [0.05, 0.1) is 21.8 Å². The summed E-state index contributed by atoms with van der Waals surface area (Å²) in [6.45, 7) is 0.